The number of unbranched alkanes of at least 4 members (excludes halogenated alkanes) is 3. The van der Waals surface area contributed by atoms with Crippen LogP contribution in [0.3, 0.4) is 0 Å². The van der Waals surface area contributed by atoms with Crippen LogP contribution in [0.1, 0.15) is 46.0 Å². The van der Waals surface area contributed by atoms with Gasteiger partial charge in [-0.05, 0) is 19.8 Å². The summed E-state index contributed by atoms with van der Waals surface area (Å²) in [5.41, 5.74) is 2.43. The molecule has 0 saturated heterocycles. The van der Waals surface area contributed by atoms with Crippen molar-refractivity contribution in [3.63, 3.8) is 0 Å². The Morgan fingerprint density at radius 3 is 2.55 bits per heavy atom. The average Bonchev–Trinajstić information content (AvgIpc) is 2.43. The molecule has 1 unspecified atom stereocenters. The van der Waals surface area contributed by atoms with Crippen LogP contribution in [0.2, 0.25) is 0 Å². The Bertz CT molecular complexity index is 398. The molecule has 0 aliphatic rings. The lowest BCUT2D eigenvalue weighted by Gasteiger charge is -2.16. The normalized spacial score (nSPS) is 12.1. The molecule has 3 N–H and O–H groups in total. The van der Waals surface area contributed by atoms with Crippen molar-refractivity contribution in [2.24, 2.45) is 5.84 Å². The van der Waals surface area contributed by atoms with E-state index in [4.69, 9.17) is 10.6 Å². The summed E-state index contributed by atoms with van der Waals surface area (Å²) >= 11 is 0. The quantitative estimate of drug-likeness (QED) is 0.406. The van der Waals surface area contributed by atoms with Gasteiger partial charge in [0.25, 0.3) is 0 Å². The zero-order chi connectivity index (χ0) is 15.0. The predicted octanol–water partition coefficient (Wildman–Crippen LogP) is 1.96. The number of ether oxygens (including phenoxy) is 1. The largest absolute Gasteiger partial charge is 0.460 e. The molecular weight excluding hydrogens is 256 g/mol. The number of hydrazine groups is 1. The van der Waals surface area contributed by atoms with Gasteiger partial charge in [-0.25, -0.2) is 5.84 Å². The topological polar surface area (TPSA) is 89.2 Å². The van der Waals surface area contributed by atoms with E-state index in [0.717, 1.165) is 12.8 Å². The highest BCUT2D eigenvalue weighted by molar-refractivity contribution is 5.36. The first-order chi connectivity index (χ1) is 9.56. The molecule has 0 aliphatic carbocycles. The van der Waals surface area contributed by atoms with E-state index in [1.807, 2.05) is 21.0 Å². The van der Waals surface area contributed by atoms with Crippen molar-refractivity contribution in [1.29, 1.82) is 0 Å². The van der Waals surface area contributed by atoms with Crippen LogP contribution in [-0.4, -0.2) is 35.2 Å². The van der Waals surface area contributed by atoms with Crippen LogP contribution in [0.4, 0.5) is 11.9 Å². The lowest BCUT2D eigenvalue weighted by molar-refractivity contribution is 0.189. The second kappa shape index (κ2) is 8.52. The summed E-state index contributed by atoms with van der Waals surface area (Å²) in [5, 5.41) is 0. The molecule has 7 nitrogen and oxygen atoms in total. The van der Waals surface area contributed by atoms with Gasteiger partial charge in [0.1, 0.15) is 0 Å². The fraction of sp³-hybridized carbons (Fsp3) is 0.769. The van der Waals surface area contributed by atoms with Gasteiger partial charge < -0.3 is 9.64 Å². The Morgan fingerprint density at radius 1 is 1.20 bits per heavy atom. The molecule has 0 radical (unpaired) electrons. The van der Waals surface area contributed by atoms with Gasteiger partial charge >= 0.3 is 6.01 Å². The van der Waals surface area contributed by atoms with Gasteiger partial charge in [0.05, 0.1) is 6.10 Å². The third-order valence-electron chi connectivity index (χ3n) is 2.90. The number of nitrogens with zero attached hydrogens (tertiary/aromatic N) is 4. The number of aromatic nitrogens is 3. The second-order valence-electron chi connectivity index (χ2n) is 5.06. The van der Waals surface area contributed by atoms with Crippen molar-refractivity contribution in [3.8, 4) is 6.01 Å². The highest BCUT2D eigenvalue weighted by Crippen LogP contribution is 2.15. The van der Waals surface area contributed by atoms with Gasteiger partial charge in [-0.2, -0.15) is 15.0 Å². The van der Waals surface area contributed by atoms with E-state index in [1.165, 1.54) is 19.3 Å². The zero-order valence-corrected chi connectivity index (χ0v) is 12.9. The maximum atomic E-state index is 5.74. The summed E-state index contributed by atoms with van der Waals surface area (Å²) in [4.78, 5) is 14.3. The average molecular weight is 282 g/mol. The molecule has 0 aromatic carbocycles. The lowest BCUT2D eigenvalue weighted by atomic mass is 10.1. The third-order valence-corrected chi connectivity index (χ3v) is 2.90. The number of nitrogen functional groups attached to an aromatic ring is 1. The van der Waals surface area contributed by atoms with Crippen molar-refractivity contribution in [3.05, 3.63) is 0 Å². The molecule has 1 aromatic rings. The molecule has 0 spiro atoms. The van der Waals surface area contributed by atoms with E-state index in [2.05, 4.69) is 27.3 Å². The fourth-order valence-electron chi connectivity index (χ4n) is 1.76. The smallest absolute Gasteiger partial charge is 0.323 e. The first-order valence-electron chi connectivity index (χ1n) is 7.13. The highest BCUT2D eigenvalue weighted by atomic mass is 16.5. The summed E-state index contributed by atoms with van der Waals surface area (Å²) in [6.07, 6.45) is 5.97. The van der Waals surface area contributed by atoms with Gasteiger partial charge in [0, 0.05) is 14.1 Å². The van der Waals surface area contributed by atoms with Gasteiger partial charge in [-0.15, -0.1) is 0 Å². The number of hydrogen-bond donors (Lipinski definition) is 2. The van der Waals surface area contributed by atoms with E-state index in [-0.39, 0.29) is 6.10 Å². The van der Waals surface area contributed by atoms with Gasteiger partial charge in [-0.3, -0.25) is 5.43 Å². The molecule has 1 rings (SSSR count). The molecule has 0 amide bonds. The van der Waals surface area contributed by atoms with E-state index in [9.17, 15) is 0 Å². The second-order valence-corrected chi connectivity index (χ2v) is 5.06. The van der Waals surface area contributed by atoms with Crippen molar-refractivity contribution < 1.29 is 4.74 Å². The molecule has 0 aliphatic heterocycles. The Morgan fingerprint density at radius 2 is 1.95 bits per heavy atom. The minimum atomic E-state index is 0.0786. The minimum absolute atomic E-state index is 0.0786. The number of nitrogens with two attached hydrogens (primary N) is 1. The number of rotatable bonds is 9. The van der Waals surface area contributed by atoms with Gasteiger partial charge in [-0.1, -0.05) is 26.2 Å². The van der Waals surface area contributed by atoms with E-state index in [0.29, 0.717) is 17.9 Å². The summed E-state index contributed by atoms with van der Waals surface area (Å²) < 4.78 is 5.74. The minimum Gasteiger partial charge on any atom is -0.460 e. The van der Waals surface area contributed by atoms with Crippen LogP contribution in [0, 0.1) is 0 Å². The maximum Gasteiger partial charge on any atom is 0.323 e. The summed E-state index contributed by atoms with van der Waals surface area (Å²) in [6, 6.07) is 0.305. The van der Waals surface area contributed by atoms with E-state index < -0.39 is 0 Å². The van der Waals surface area contributed by atoms with Crippen LogP contribution in [-0.2, 0) is 0 Å². The predicted molar refractivity (Wildman–Crippen MR) is 80.8 cm³/mol. The third kappa shape index (κ3) is 5.56. The summed E-state index contributed by atoms with van der Waals surface area (Å²) in [6.45, 7) is 4.23. The van der Waals surface area contributed by atoms with Crippen LogP contribution in [0.15, 0.2) is 0 Å². The first-order valence-corrected chi connectivity index (χ1v) is 7.13. The Hall–Kier alpha value is -1.63. The molecule has 1 heterocycles. The lowest BCUT2D eigenvalue weighted by Crippen LogP contribution is -2.20. The van der Waals surface area contributed by atoms with Crippen LogP contribution in [0.5, 0.6) is 6.01 Å². The molecule has 0 bridgehead atoms. The number of hydrogen-bond acceptors (Lipinski definition) is 7. The molecule has 1 atom stereocenters. The molecule has 7 heteroatoms. The van der Waals surface area contributed by atoms with E-state index in [1.54, 1.807) is 4.90 Å². The zero-order valence-electron chi connectivity index (χ0n) is 12.9. The maximum absolute atomic E-state index is 5.74. The highest BCUT2D eigenvalue weighted by Gasteiger charge is 2.11. The number of anilines is 2. The Balaban J connectivity index is 2.59. The van der Waals surface area contributed by atoms with Crippen molar-refractivity contribution in [2.45, 2.75) is 52.1 Å². The molecule has 114 valence electrons. The fourth-order valence-corrected chi connectivity index (χ4v) is 1.76. The van der Waals surface area contributed by atoms with E-state index >= 15 is 0 Å². The van der Waals surface area contributed by atoms with Gasteiger partial charge in [0.2, 0.25) is 11.9 Å². The molecule has 0 fully saturated rings. The molecule has 0 saturated carbocycles. The molecule has 1 aromatic heterocycles. The monoisotopic (exact) mass is 282 g/mol. The Labute approximate surface area is 120 Å². The van der Waals surface area contributed by atoms with Gasteiger partial charge in [0.15, 0.2) is 0 Å². The molecule has 20 heavy (non-hydrogen) atoms. The van der Waals surface area contributed by atoms with Crippen LogP contribution in [0.25, 0.3) is 0 Å². The van der Waals surface area contributed by atoms with Crippen molar-refractivity contribution in [1.82, 2.24) is 15.0 Å². The van der Waals surface area contributed by atoms with Crippen LogP contribution >= 0.6 is 0 Å². The van der Waals surface area contributed by atoms with Crippen molar-refractivity contribution in [2.75, 3.05) is 24.4 Å². The first kappa shape index (κ1) is 16.4. The summed E-state index contributed by atoms with van der Waals surface area (Å²) in [7, 11) is 3.71. The standard InChI is InChI=1S/C13H26N6O/c1-5-6-7-8-9-10(2)20-13-16-11(18-14)15-12(17-13)19(3)4/h10H,5-9,14H2,1-4H3,(H,15,16,17,18). The molecular formula is C13H26N6O. The SMILES string of the molecule is CCCCCCC(C)Oc1nc(NN)nc(N(C)C)n1. The Kier molecular flexibility index (Phi) is 7.00. The van der Waals surface area contributed by atoms with Crippen molar-refractivity contribution >= 4 is 11.9 Å². The van der Waals surface area contributed by atoms with Crippen LogP contribution < -0.4 is 20.9 Å². The number of nitrogens with one attached hydrogen (secondary N) is 1. The summed E-state index contributed by atoms with van der Waals surface area (Å²) in [5.74, 6) is 6.17.